The minimum Gasteiger partial charge on any atom is -0.279 e. The molecule has 0 atom stereocenters. The monoisotopic (exact) mass is 344 g/mol. The maximum atomic E-state index is 10.7. The summed E-state index contributed by atoms with van der Waals surface area (Å²) in [6.07, 6.45) is 6.88. The van der Waals surface area contributed by atoms with Crippen LogP contribution in [0.3, 0.4) is 0 Å². The first-order valence-electron chi connectivity index (χ1n) is 6.40. The lowest BCUT2D eigenvalue weighted by molar-refractivity contribution is -0.0510. The van der Waals surface area contributed by atoms with Gasteiger partial charge in [0.2, 0.25) is 0 Å². The highest BCUT2D eigenvalue weighted by molar-refractivity contribution is 7.86. The van der Waals surface area contributed by atoms with Gasteiger partial charge in [0.1, 0.15) is 0 Å². The normalized spacial score (nSPS) is 17.0. The van der Waals surface area contributed by atoms with Crippen LogP contribution in [-0.2, 0) is 10.1 Å². The van der Waals surface area contributed by atoms with Crippen LogP contribution in [-0.4, -0.2) is 18.5 Å². The third kappa shape index (κ3) is 6.23. The van der Waals surface area contributed by atoms with E-state index < -0.39 is 15.6 Å². The van der Waals surface area contributed by atoms with Crippen molar-refractivity contribution >= 4 is 21.7 Å². The van der Waals surface area contributed by atoms with Crippen molar-refractivity contribution in [3.8, 4) is 0 Å². The van der Waals surface area contributed by atoms with Crippen molar-refractivity contribution in [3.05, 3.63) is 34.9 Å². The van der Waals surface area contributed by atoms with E-state index in [9.17, 15) is 13.2 Å². The smallest absolute Gasteiger partial charge is 0.279 e. The van der Waals surface area contributed by atoms with Crippen molar-refractivity contribution in [2.75, 3.05) is 0 Å². The van der Waals surface area contributed by atoms with Crippen LogP contribution in [0.5, 0.6) is 0 Å². The molecule has 0 spiro atoms. The van der Waals surface area contributed by atoms with Crippen LogP contribution >= 0.6 is 11.6 Å². The number of halogens is 4. The largest absolute Gasteiger partial charge is 0.522 e. The van der Waals surface area contributed by atoms with Crippen molar-refractivity contribution in [3.63, 3.8) is 0 Å². The molecule has 1 aromatic carbocycles. The predicted molar refractivity (Wildman–Crippen MR) is 74.9 cm³/mol. The molecule has 0 aliphatic heterocycles. The van der Waals surface area contributed by atoms with Gasteiger partial charge < -0.3 is 0 Å². The van der Waals surface area contributed by atoms with E-state index in [2.05, 4.69) is 18.2 Å². The molecule has 1 saturated carbocycles. The molecule has 8 heteroatoms. The summed E-state index contributed by atoms with van der Waals surface area (Å²) >= 11 is 5.96. The quantitative estimate of drug-likeness (QED) is 0.589. The van der Waals surface area contributed by atoms with E-state index in [0.29, 0.717) is 0 Å². The van der Waals surface area contributed by atoms with Crippen molar-refractivity contribution < 1.29 is 26.1 Å². The molecule has 1 N–H and O–H groups in total. The zero-order valence-electron chi connectivity index (χ0n) is 11.1. The Balaban J connectivity index is 0.000000240. The first-order chi connectivity index (χ1) is 9.61. The van der Waals surface area contributed by atoms with E-state index in [4.69, 9.17) is 24.6 Å². The second kappa shape index (κ2) is 7.47. The Morgan fingerprint density at radius 3 is 2.10 bits per heavy atom. The van der Waals surface area contributed by atoms with Crippen molar-refractivity contribution in [2.24, 2.45) is 0 Å². The summed E-state index contributed by atoms with van der Waals surface area (Å²) in [6.45, 7) is 0. The van der Waals surface area contributed by atoms with Gasteiger partial charge in [0.25, 0.3) is 0 Å². The van der Waals surface area contributed by atoms with Gasteiger partial charge in [0, 0.05) is 5.02 Å². The fourth-order valence-corrected chi connectivity index (χ4v) is 2.40. The van der Waals surface area contributed by atoms with Gasteiger partial charge in [-0.2, -0.15) is 21.6 Å². The maximum absolute atomic E-state index is 10.7. The molecule has 0 amide bonds. The second-order valence-corrected chi connectivity index (χ2v) is 6.66. The number of rotatable bonds is 1. The van der Waals surface area contributed by atoms with Crippen molar-refractivity contribution in [1.29, 1.82) is 0 Å². The van der Waals surface area contributed by atoms with Gasteiger partial charge in [0.15, 0.2) is 0 Å². The maximum Gasteiger partial charge on any atom is 0.522 e. The topological polar surface area (TPSA) is 54.4 Å². The zero-order valence-corrected chi connectivity index (χ0v) is 12.7. The molecule has 1 aliphatic rings. The van der Waals surface area contributed by atoms with Crippen LogP contribution in [0.1, 0.15) is 43.6 Å². The summed E-state index contributed by atoms with van der Waals surface area (Å²) in [4.78, 5) is 0. The highest BCUT2D eigenvalue weighted by atomic mass is 35.5. The fourth-order valence-electron chi connectivity index (χ4n) is 2.20. The number of alkyl halides is 3. The fraction of sp³-hybridized carbons (Fsp3) is 0.538. The predicted octanol–water partition coefficient (Wildman–Crippen LogP) is 4.78. The van der Waals surface area contributed by atoms with E-state index in [1.54, 1.807) is 0 Å². The Bertz CT molecular complexity index is 552. The molecule has 1 fully saturated rings. The van der Waals surface area contributed by atoms with Gasteiger partial charge in [-0.1, -0.05) is 43.0 Å². The molecular weight excluding hydrogens is 329 g/mol. The molecular formula is C13H16ClF3O3S. The zero-order chi connectivity index (χ0) is 16.1. The lowest BCUT2D eigenvalue weighted by atomic mass is 9.84. The van der Waals surface area contributed by atoms with Crippen LogP contribution < -0.4 is 0 Å². The lowest BCUT2D eigenvalue weighted by Gasteiger charge is -2.21. The molecule has 1 aromatic rings. The molecule has 0 aromatic heterocycles. The number of benzene rings is 1. The SMILES string of the molecule is Clc1cccc(C2CCCCC2)c1.O=S(=O)(O)C(F)(F)F. The van der Waals surface area contributed by atoms with Gasteiger partial charge in [0.05, 0.1) is 0 Å². The van der Waals surface area contributed by atoms with E-state index in [1.165, 1.54) is 37.7 Å². The van der Waals surface area contributed by atoms with Crippen LogP contribution in [0.4, 0.5) is 13.2 Å². The van der Waals surface area contributed by atoms with E-state index in [-0.39, 0.29) is 0 Å². The third-order valence-corrected chi connectivity index (χ3v) is 4.04. The summed E-state index contributed by atoms with van der Waals surface area (Å²) in [5.41, 5.74) is -4.10. The van der Waals surface area contributed by atoms with Crippen LogP contribution in [0.15, 0.2) is 24.3 Å². The first kappa shape index (κ1) is 18.3. The lowest BCUT2D eigenvalue weighted by Crippen LogP contribution is -2.21. The Morgan fingerprint density at radius 1 is 1.14 bits per heavy atom. The standard InChI is InChI=1S/C12H15Cl.CHF3O3S/c13-12-8-4-7-11(9-12)10-5-2-1-3-6-10;2-1(3,4)8(5,6)7/h4,7-10H,1-3,5-6H2;(H,5,6,7). The van der Waals surface area contributed by atoms with Gasteiger partial charge in [-0.3, -0.25) is 4.55 Å². The van der Waals surface area contributed by atoms with Gasteiger partial charge in [-0.25, -0.2) is 0 Å². The molecule has 2 rings (SSSR count). The molecule has 0 heterocycles. The van der Waals surface area contributed by atoms with Crippen LogP contribution in [0.25, 0.3) is 0 Å². The summed E-state index contributed by atoms with van der Waals surface area (Å²) in [7, 11) is -5.84. The molecule has 120 valence electrons. The molecule has 0 saturated heterocycles. The van der Waals surface area contributed by atoms with Gasteiger partial charge >= 0.3 is 15.6 Å². The summed E-state index contributed by atoms with van der Waals surface area (Å²) < 4.78 is 57.5. The number of hydrogen-bond donors (Lipinski definition) is 1. The minimum atomic E-state index is -5.84. The van der Waals surface area contributed by atoms with E-state index >= 15 is 0 Å². The molecule has 21 heavy (non-hydrogen) atoms. The molecule has 1 aliphatic carbocycles. The highest BCUT2D eigenvalue weighted by Gasteiger charge is 2.44. The Morgan fingerprint density at radius 2 is 1.67 bits per heavy atom. The van der Waals surface area contributed by atoms with Gasteiger partial charge in [-0.05, 0) is 36.5 Å². The van der Waals surface area contributed by atoms with Gasteiger partial charge in [-0.15, -0.1) is 0 Å². The first-order valence-corrected chi connectivity index (χ1v) is 8.22. The average Bonchev–Trinajstić information content (AvgIpc) is 2.38. The Kier molecular flexibility index (Phi) is 6.49. The number of hydrogen-bond acceptors (Lipinski definition) is 2. The third-order valence-electron chi connectivity index (χ3n) is 3.22. The summed E-state index contributed by atoms with van der Waals surface area (Å²) in [5.74, 6) is 0.771. The molecule has 0 bridgehead atoms. The van der Waals surface area contributed by atoms with Crippen molar-refractivity contribution in [1.82, 2.24) is 0 Å². The van der Waals surface area contributed by atoms with Crippen molar-refractivity contribution in [2.45, 2.75) is 43.5 Å². The van der Waals surface area contributed by atoms with Crippen LogP contribution in [0, 0.1) is 0 Å². The summed E-state index contributed by atoms with van der Waals surface area (Å²) in [5, 5.41) is 0.878. The molecule has 0 radical (unpaired) electrons. The Hall–Kier alpha value is -0.790. The second-order valence-electron chi connectivity index (χ2n) is 4.81. The van der Waals surface area contributed by atoms with E-state index in [0.717, 1.165) is 10.9 Å². The molecule has 3 nitrogen and oxygen atoms in total. The summed E-state index contributed by atoms with van der Waals surface area (Å²) in [6, 6.07) is 8.35. The minimum absolute atomic E-state index is 0.771. The highest BCUT2D eigenvalue weighted by Crippen LogP contribution is 2.33. The molecule has 0 unspecified atom stereocenters. The van der Waals surface area contributed by atoms with E-state index in [1.807, 2.05) is 6.07 Å². The van der Waals surface area contributed by atoms with Crippen LogP contribution in [0.2, 0.25) is 5.02 Å². The average molecular weight is 345 g/mol. The Labute approximate surface area is 126 Å².